The second kappa shape index (κ2) is 5.80. The lowest BCUT2D eigenvalue weighted by Crippen LogP contribution is -2.34. The maximum atomic E-state index is 12.6. The van der Waals surface area contributed by atoms with Crippen molar-refractivity contribution in [1.82, 2.24) is 4.90 Å². The molecule has 1 amide bonds. The Hall–Kier alpha value is -0.610. The van der Waals surface area contributed by atoms with Crippen LogP contribution in [0, 0.1) is 6.92 Å². The van der Waals surface area contributed by atoms with Gasteiger partial charge in [-0.2, -0.15) is 11.8 Å². The van der Waals surface area contributed by atoms with Crippen LogP contribution in [0.3, 0.4) is 0 Å². The van der Waals surface area contributed by atoms with Gasteiger partial charge >= 0.3 is 0 Å². The summed E-state index contributed by atoms with van der Waals surface area (Å²) in [4.78, 5) is 15.4. The molecule has 0 atom stereocenters. The largest absolute Gasteiger partial charge is 0.338 e. The number of amides is 1. The first kappa shape index (κ1) is 14.8. The van der Waals surface area contributed by atoms with Gasteiger partial charge in [-0.05, 0) is 31.0 Å². The zero-order valence-corrected chi connectivity index (χ0v) is 13.5. The summed E-state index contributed by atoms with van der Waals surface area (Å²) in [6.07, 6.45) is 1.04. The van der Waals surface area contributed by atoms with Crippen molar-refractivity contribution in [2.45, 2.75) is 36.8 Å². The van der Waals surface area contributed by atoms with Crippen LogP contribution in [0.5, 0.6) is 0 Å². The normalized spacial score (nSPS) is 19.1. The number of carbonyl (C=O) groups is 1. The number of nitrogens with zero attached hydrogens (tertiary/aromatic N) is 1. The Bertz CT molecular complexity index is 485. The van der Waals surface area contributed by atoms with Gasteiger partial charge in [0.1, 0.15) is 0 Å². The first-order valence-corrected chi connectivity index (χ1v) is 8.05. The quantitative estimate of drug-likeness (QED) is 0.798. The van der Waals surface area contributed by atoms with Crippen LogP contribution < -0.4 is 0 Å². The molecule has 1 saturated heterocycles. The molecule has 104 valence electrons. The van der Waals surface area contributed by atoms with E-state index in [0.717, 1.165) is 41.3 Å². The summed E-state index contributed by atoms with van der Waals surface area (Å²) in [5.74, 6) is 1.16. The van der Waals surface area contributed by atoms with Crippen molar-refractivity contribution in [1.29, 1.82) is 0 Å². The standard InChI is InChI=1S/C15H21NOS2/c1-11-4-5-12(18)10-13(11)14(17)16-7-6-15(2,3)19-9-8-16/h4-5,10,18H,6-9H2,1-3H3. The number of hydrogen-bond donors (Lipinski definition) is 1. The van der Waals surface area contributed by atoms with E-state index in [1.165, 1.54) is 0 Å². The van der Waals surface area contributed by atoms with E-state index in [0.29, 0.717) is 0 Å². The molecule has 0 spiro atoms. The first-order chi connectivity index (χ1) is 8.89. The number of benzene rings is 1. The molecule has 0 radical (unpaired) electrons. The molecule has 1 fully saturated rings. The SMILES string of the molecule is Cc1ccc(S)cc1C(=O)N1CCSC(C)(C)CC1. The third-order valence-corrected chi connectivity index (χ3v) is 5.23. The van der Waals surface area contributed by atoms with E-state index >= 15 is 0 Å². The monoisotopic (exact) mass is 295 g/mol. The fraction of sp³-hybridized carbons (Fsp3) is 0.533. The summed E-state index contributed by atoms with van der Waals surface area (Å²) in [6.45, 7) is 8.17. The van der Waals surface area contributed by atoms with Gasteiger partial charge in [-0.3, -0.25) is 4.79 Å². The van der Waals surface area contributed by atoms with Crippen LogP contribution in [0.1, 0.15) is 36.2 Å². The fourth-order valence-electron chi connectivity index (χ4n) is 2.23. The number of carbonyl (C=O) groups excluding carboxylic acids is 1. The maximum absolute atomic E-state index is 12.6. The predicted octanol–water partition coefficient (Wildman–Crippen LogP) is 3.64. The van der Waals surface area contributed by atoms with Crippen molar-refractivity contribution >= 4 is 30.3 Å². The maximum Gasteiger partial charge on any atom is 0.254 e. The molecule has 0 saturated carbocycles. The van der Waals surface area contributed by atoms with Crippen molar-refractivity contribution in [3.63, 3.8) is 0 Å². The summed E-state index contributed by atoms with van der Waals surface area (Å²) in [6, 6.07) is 5.77. The minimum Gasteiger partial charge on any atom is -0.338 e. The highest BCUT2D eigenvalue weighted by Crippen LogP contribution is 2.31. The summed E-state index contributed by atoms with van der Waals surface area (Å²) in [5.41, 5.74) is 1.82. The Morgan fingerprint density at radius 3 is 2.84 bits per heavy atom. The van der Waals surface area contributed by atoms with Crippen LogP contribution >= 0.6 is 24.4 Å². The van der Waals surface area contributed by atoms with Gasteiger partial charge in [0.15, 0.2) is 0 Å². The van der Waals surface area contributed by atoms with E-state index in [2.05, 4.69) is 26.5 Å². The van der Waals surface area contributed by atoms with Gasteiger partial charge in [0, 0.05) is 34.0 Å². The van der Waals surface area contributed by atoms with Gasteiger partial charge in [-0.25, -0.2) is 0 Å². The number of aryl methyl sites for hydroxylation is 1. The van der Waals surface area contributed by atoms with E-state index in [1.54, 1.807) is 0 Å². The van der Waals surface area contributed by atoms with Gasteiger partial charge in [-0.1, -0.05) is 19.9 Å². The van der Waals surface area contributed by atoms with Gasteiger partial charge in [0.25, 0.3) is 5.91 Å². The molecule has 4 heteroatoms. The minimum absolute atomic E-state index is 0.145. The van der Waals surface area contributed by atoms with Crippen molar-refractivity contribution in [3.8, 4) is 0 Å². The Labute approximate surface area is 125 Å². The molecule has 0 aromatic heterocycles. The van der Waals surface area contributed by atoms with E-state index in [4.69, 9.17) is 0 Å². The first-order valence-electron chi connectivity index (χ1n) is 6.62. The van der Waals surface area contributed by atoms with Crippen LogP contribution in [0.15, 0.2) is 23.1 Å². The highest BCUT2D eigenvalue weighted by Gasteiger charge is 2.26. The number of hydrogen-bond acceptors (Lipinski definition) is 3. The molecule has 1 heterocycles. The number of thioether (sulfide) groups is 1. The molecule has 0 unspecified atom stereocenters. The van der Waals surface area contributed by atoms with Crippen LogP contribution in [0.2, 0.25) is 0 Å². The zero-order chi connectivity index (χ0) is 14.0. The lowest BCUT2D eigenvalue weighted by molar-refractivity contribution is 0.0763. The molecule has 1 aromatic carbocycles. The summed E-state index contributed by atoms with van der Waals surface area (Å²) in [7, 11) is 0. The molecular formula is C15H21NOS2. The molecular weight excluding hydrogens is 274 g/mol. The molecule has 2 nitrogen and oxygen atoms in total. The molecule has 0 aliphatic carbocycles. The summed E-state index contributed by atoms with van der Waals surface area (Å²) < 4.78 is 0.273. The smallest absolute Gasteiger partial charge is 0.254 e. The fourth-order valence-corrected chi connectivity index (χ4v) is 3.54. The van der Waals surface area contributed by atoms with Crippen LogP contribution in [-0.4, -0.2) is 34.4 Å². The number of thiol groups is 1. The topological polar surface area (TPSA) is 20.3 Å². The second-order valence-corrected chi connectivity index (χ2v) is 7.97. The molecule has 1 aromatic rings. The lowest BCUT2D eigenvalue weighted by atomic mass is 10.1. The summed E-state index contributed by atoms with van der Waals surface area (Å²) in [5, 5.41) is 0. The van der Waals surface area contributed by atoms with E-state index in [9.17, 15) is 4.79 Å². The zero-order valence-electron chi connectivity index (χ0n) is 11.8. The van der Waals surface area contributed by atoms with Crippen molar-refractivity contribution in [2.75, 3.05) is 18.8 Å². The third-order valence-electron chi connectivity index (χ3n) is 3.58. The Kier molecular flexibility index (Phi) is 4.51. The summed E-state index contributed by atoms with van der Waals surface area (Å²) >= 11 is 6.29. The number of rotatable bonds is 1. The van der Waals surface area contributed by atoms with Crippen LogP contribution in [0.25, 0.3) is 0 Å². The minimum atomic E-state index is 0.145. The van der Waals surface area contributed by atoms with Gasteiger partial charge in [-0.15, -0.1) is 12.6 Å². The van der Waals surface area contributed by atoms with Gasteiger partial charge in [0.05, 0.1) is 0 Å². The molecule has 0 N–H and O–H groups in total. The molecule has 19 heavy (non-hydrogen) atoms. The second-order valence-electron chi connectivity index (χ2n) is 5.65. The van der Waals surface area contributed by atoms with E-state index in [1.807, 2.05) is 41.8 Å². The highest BCUT2D eigenvalue weighted by atomic mass is 32.2. The van der Waals surface area contributed by atoms with Crippen molar-refractivity contribution < 1.29 is 4.79 Å². The molecule has 2 rings (SSSR count). The average molecular weight is 295 g/mol. The van der Waals surface area contributed by atoms with Crippen LogP contribution in [0.4, 0.5) is 0 Å². The third kappa shape index (κ3) is 3.69. The highest BCUT2D eigenvalue weighted by molar-refractivity contribution is 8.00. The van der Waals surface area contributed by atoms with Crippen molar-refractivity contribution in [2.24, 2.45) is 0 Å². The van der Waals surface area contributed by atoms with Gasteiger partial charge in [0.2, 0.25) is 0 Å². The lowest BCUT2D eigenvalue weighted by Gasteiger charge is -2.23. The molecule has 1 aliphatic rings. The van der Waals surface area contributed by atoms with Crippen molar-refractivity contribution in [3.05, 3.63) is 29.3 Å². The predicted molar refractivity (Wildman–Crippen MR) is 85.5 cm³/mol. The van der Waals surface area contributed by atoms with E-state index in [-0.39, 0.29) is 10.7 Å². The average Bonchev–Trinajstić information content (AvgIpc) is 2.52. The van der Waals surface area contributed by atoms with Gasteiger partial charge < -0.3 is 4.90 Å². The van der Waals surface area contributed by atoms with E-state index < -0.39 is 0 Å². The Morgan fingerprint density at radius 1 is 1.37 bits per heavy atom. The Morgan fingerprint density at radius 2 is 2.11 bits per heavy atom. The van der Waals surface area contributed by atoms with Crippen LogP contribution in [-0.2, 0) is 0 Å². The molecule has 1 aliphatic heterocycles. The molecule has 0 bridgehead atoms. The Balaban J connectivity index is 2.17.